The van der Waals surface area contributed by atoms with Gasteiger partial charge in [-0.15, -0.1) is 11.6 Å². The van der Waals surface area contributed by atoms with Gasteiger partial charge in [0.15, 0.2) is 9.84 Å². The second-order valence-electron chi connectivity index (χ2n) is 5.42. The molecular formula is C15H20ClNO3S. The average molecular weight is 330 g/mol. The molecule has 0 bridgehead atoms. The minimum Gasteiger partial charge on any atom is -0.336 e. The maximum atomic E-state index is 12.5. The Kier molecular flexibility index (Phi) is 5.27. The quantitative estimate of drug-likeness (QED) is 0.780. The molecule has 2 rings (SSSR count). The van der Waals surface area contributed by atoms with Crippen molar-refractivity contribution in [2.45, 2.75) is 36.6 Å². The maximum absolute atomic E-state index is 12.5. The van der Waals surface area contributed by atoms with Crippen LogP contribution in [0.3, 0.4) is 0 Å². The van der Waals surface area contributed by atoms with Gasteiger partial charge in [0, 0.05) is 30.3 Å². The highest BCUT2D eigenvalue weighted by Crippen LogP contribution is 2.24. The summed E-state index contributed by atoms with van der Waals surface area (Å²) < 4.78 is 22.9. The number of amides is 1. The molecule has 0 spiro atoms. The first-order chi connectivity index (χ1) is 9.93. The molecule has 116 valence electrons. The van der Waals surface area contributed by atoms with Gasteiger partial charge in [0.25, 0.3) is 5.91 Å². The van der Waals surface area contributed by atoms with Crippen molar-refractivity contribution in [2.75, 3.05) is 18.7 Å². The van der Waals surface area contributed by atoms with Crippen LogP contribution in [0.4, 0.5) is 0 Å². The predicted molar refractivity (Wildman–Crippen MR) is 83.6 cm³/mol. The van der Waals surface area contributed by atoms with E-state index in [1.165, 1.54) is 12.1 Å². The summed E-state index contributed by atoms with van der Waals surface area (Å²) in [4.78, 5) is 14.7. The van der Waals surface area contributed by atoms with Gasteiger partial charge in [0.2, 0.25) is 0 Å². The number of nitrogens with zero attached hydrogens (tertiary/aromatic N) is 1. The van der Waals surface area contributed by atoms with E-state index in [1.807, 2.05) is 4.90 Å². The van der Waals surface area contributed by atoms with Crippen LogP contribution in [0.15, 0.2) is 29.2 Å². The second-order valence-corrected chi connectivity index (χ2v) is 7.82. The Bertz CT molecular complexity index is 598. The lowest BCUT2D eigenvalue weighted by Gasteiger charge is -2.24. The molecule has 1 heterocycles. The van der Waals surface area contributed by atoms with Crippen LogP contribution in [-0.4, -0.2) is 43.9 Å². The molecule has 1 aliphatic rings. The maximum Gasteiger partial charge on any atom is 0.254 e. The van der Waals surface area contributed by atoms with Crippen LogP contribution < -0.4 is 0 Å². The van der Waals surface area contributed by atoms with Crippen LogP contribution in [0.1, 0.15) is 36.0 Å². The third-order valence-electron chi connectivity index (χ3n) is 3.84. The molecule has 1 unspecified atom stereocenters. The number of carbonyl (C=O) groups is 1. The third kappa shape index (κ3) is 3.98. The number of carbonyl (C=O) groups excluding carboxylic acids is 1. The van der Waals surface area contributed by atoms with Crippen LogP contribution >= 0.6 is 11.6 Å². The van der Waals surface area contributed by atoms with E-state index in [1.54, 1.807) is 12.1 Å². The van der Waals surface area contributed by atoms with E-state index in [0.29, 0.717) is 11.4 Å². The molecule has 0 radical (unpaired) electrons. The number of sulfone groups is 1. The van der Waals surface area contributed by atoms with Gasteiger partial charge in [-0.25, -0.2) is 8.42 Å². The van der Waals surface area contributed by atoms with Crippen LogP contribution in [0.5, 0.6) is 0 Å². The normalized spacial score (nSPS) is 19.0. The molecule has 0 aromatic heterocycles. The zero-order valence-corrected chi connectivity index (χ0v) is 13.7. The van der Waals surface area contributed by atoms with E-state index in [-0.39, 0.29) is 16.8 Å². The lowest BCUT2D eigenvalue weighted by Crippen LogP contribution is -2.35. The number of benzene rings is 1. The number of hydrogen-bond acceptors (Lipinski definition) is 3. The van der Waals surface area contributed by atoms with Gasteiger partial charge < -0.3 is 4.90 Å². The smallest absolute Gasteiger partial charge is 0.254 e. The molecule has 1 amide bonds. The van der Waals surface area contributed by atoms with Crippen molar-refractivity contribution in [3.8, 4) is 0 Å². The van der Waals surface area contributed by atoms with Crippen molar-refractivity contribution in [3.05, 3.63) is 29.8 Å². The minimum atomic E-state index is -3.23. The predicted octanol–water partition coefficient (Wildman–Crippen LogP) is 2.71. The number of alkyl halides is 1. The molecule has 1 aliphatic heterocycles. The molecule has 1 aromatic rings. The van der Waals surface area contributed by atoms with Crippen LogP contribution in [0, 0.1) is 0 Å². The van der Waals surface area contributed by atoms with Gasteiger partial charge in [-0.2, -0.15) is 0 Å². The lowest BCUT2D eigenvalue weighted by molar-refractivity contribution is 0.0730. The number of likely N-dealkylation sites (tertiary alicyclic amines) is 1. The molecule has 21 heavy (non-hydrogen) atoms. The topological polar surface area (TPSA) is 54.5 Å². The van der Waals surface area contributed by atoms with E-state index >= 15 is 0 Å². The molecule has 1 fully saturated rings. The molecule has 6 heteroatoms. The standard InChI is InChI=1S/C15H20ClNO3S/c1-21(19,20)14-8-6-12(7-9-14)15(18)17-11-3-5-13(17)4-2-10-16/h6-9,13H,2-5,10-11H2,1H3. The summed E-state index contributed by atoms with van der Waals surface area (Å²) in [6, 6.07) is 6.43. The van der Waals surface area contributed by atoms with Gasteiger partial charge in [-0.05, 0) is 49.9 Å². The average Bonchev–Trinajstić information content (AvgIpc) is 2.92. The van der Waals surface area contributed by atoms with Crippen molar-refractivity contribution in [3.63, 3.8) is 0 Å². The Morgan fingerprint density at radius 3 is 2.57 bits per heavy atom. The molecule has 1 saturated heterocycles. The van der Waals surface area contributed by atoms with E-state index in [4.69, 9.17) is 11.6 Å². The molecular weight excluding hydrogens is 310 g/mol. The number of halogens is 1. The van der Waals surface area contributed by atoms with Crippen molar-refractivity contribution in [1.29, 1.82) is 0 Å². The van der Waals surface area contributed by atoms with Crippen LogP contribution in [0.2, 0.25) is 0 Å². The van der Waals surface area contributed by atoms with Crippen molar-refractivity contribution in [2.24, 2.45) is 0 Å². The van der Waals surface area contributed by atoms with E-state index in [0.717, 1.165) is 38.5 Å². The highest BCUT2D eigenvalue weighted by atomic mass is 35.5. The molecule has 0 saturated carbocycles. The highest BCUT2D eigenvalue weighted by Gasteiger charge is 2.28. The summed E-state index contributed by atoms with van der Waals surface area (Å²) in [6.45, 7) is 0.764. The second kappa shape index (κ2) is 6.79. The summed E-state index contributed by atoms with van der Waals surface area (Å²) in [5, 5.41) is 0. The fourth-order valence-corrected chi connectivity index (χ4v) is 3.51. The van der Waals surface area contributed by atoms with Gasteiger partial charge >= 0.3 is 0 Å². The Morgan fingerprint density at radius 2 is 2.00 bits per heavy atom. The molecule has 1 aromatic carbocycles. The molecule has 1 atom stereocenters. The first-order valence-electron chi connectivity index (χ1n) is 7.10. The molecule has 4 nitrogen and oxygen atoms in total. The van der Waals surface area contributed by atoms with Gasteiger partial charge in [0.1, 0.15) is 0 Å². The first-order valence-corrected chi connectivity index (χ1v) is 9.53. The SMILES string of the molecule is CS(=O)(=O)c1ccc(C(=O)N2CCCC2CCCCl)cc1. The summed E-state index contributed by atoms with van der Waals surface area (Å²) in [7, 11) is -3.23. The summed E-state index contributed by atoms with van der Waals surface area (Å²) in [6.07, 6.45) is 5.02. The van der Waals surface area contributed by atoms with Gasteiger partial charge in [-0.1, -0.05) is 0 Å². The fraction of sp³-hybridized carbons (Fsp3) is 0.533. The van der Waals surface area contributed by atoms with Crippen molar-refractivity contribution in [1.82, 2.24) is 4.90 Å². The van der Waals surface area contributed by atoms with Gasteiger partial charge in [0.05, 0.1) is 4.90 Å². The van der Waals surface area contributed by atoms with Crippen molar-refractivity contribution >= 4 is 27.3 Å². The Morgan fingerprint density at radius 1 is 1.33 bits per heavy atom. The Labute approximate surface area is 131 Å². The monoisotopic (exact) mass is 329 g/mol. The number of hydrogen-bond donors (Lipinski definition) is 0. The zero-order valence-electron chi connectivity index (χ0n) is 12.1. The van der Waals surface area contributed by atoms with Crippen LogP contribution in [-0.2, 0) is 9.84 Å². The fourth-order valence-electron chi connectivity index (χ4n) is 2.73. The van der Waals surface area contributed by atoms with Crippen LogP contribution in [0.25, 0.3) is 0 Å². The Balaban J connectivity index is 2.12. The highest BCUT2D eigenvalue weighted by molar-refractivity contribution is 7.90. The first kappa shape index (κ1) is 16.3. The van der Waals surface area contributed by atoms with E-state index < -0.39 is 9.84 Å². The molecule has 0 N–H and O–H groups in total. The number of rotatable bonds is 5. The Hall–Kier alpha value is -1.07. The van der Waals surface area contributed by atoms with E-state index in [9.17, 15) is 13.2 Å². The summed E-state index contributed by atoms with van der Waals surface area (Å²) >= 11 is 5.72. The molecule has 0 aliphatic carbocycles. The third-order valence-corrected chi connectivity index (χ3v) is 5.23. The summed E-state index contributed by atoms with van der Waals surface area (Å²) in [5.41, 5.74) is 0.542. The lowest BCUT2D eigenvalue weighted by atomic mass is 10.1. The van der Waals surface area contributed by atoms with Gasteiger partial charge in [-0.3, -0.25) is 4.79 Å². The zero-order chi connectivity index (χ0) is 15.5. The minimum absolute atomic E-state index is 0.0212. The largest absolute Gasteiger partial charge is 0.336 e. The summed E-state index contributed by atoms with van der Waals surface area (Å²) in [5.74, 6) is 0.592. The van der Waals surface area contributed by atoms with Crippen molar-refractivity contribution < 1.29 is 13.2 Å². The van der Waals surface area contributed by atoms with E-state index in [2.05, 4.69) is 0 Å².